The van der Waals surface area contributed by atoms with Crippen molar-refractivity contribution in [3.63, 3.8) is 0 Å². The number of rotatable bonds is 6. The molecule has 4 aliphatic carbocycles. The zero-order valence-corrected chi connectivity index (χ0v) is 19.4. The molecular weight excluding hydrogens is 451 g/mol. The molecule has 174 valence electrons. The number of nitrogens with one attached hydrogen (secondary N) is 1. The predicted molar refractivity (Wildman–Crippen MR) is 113 cm³/mol. The lowest BCUT2D eigenvalue weighted by molar-refractivity contribution is -0.214. The summed E-state index contributed by atoms with van der Waals surface area (Å²) in [5, 5.41) is 15.3. The van der Waals surface area contributed by atoms with Gasteiger partial charge in [-0.2, -0.15) is 0 Å². The molecule has 1 atom stereocenters. The standard InChI is InChI=1S/C21H28F3NO4S2/c1-12(2)13-4-30-16(15(13)14(26)5-31(3,28)29)25-17(27)18-6-19(22)9-20(23,7-18)11-21(24,8-18)10-19/h4,12,14,26H,5-11H2,1-3H3,(H,25,27). The van der Waals surface area contributed by atoms with Gasteiger partial charge in [0, 0.05) is 31.1 Å². The van der Waals surface area contributed by atoms with Crippen LogP contribution in [0.15, 0.2) is 5.38 Å². The Bertz CT molecular complexity index is 968. The van der Waals surface area contributed by atoms with Crippen LogP contribution in [0.4, 0.5) is 18.2 Å². The fourth-order valence-corrected chi connectivity index (χ4v) is 8.30. The molecule has 5 nitrogen and oxygen atoms in total. The summed E-state index contributed by atoms with van der Waals surface area (Å²) in [6.07, 6.45) is -2.18. The van der Waals surface area contributed by atoms with Gasteiger partial charge in [-0.1, -0.05) is 13.8 Å². The molecule has 1 unspecified atom stereocenters. The number of halogens is 3. The molecule has 0 aliphatic heterocycles. The van der Waals surface area contributed by atoms with Gasteiger partial charge in [-0.3, -0.25) is 4.79 Å². The summed E-state index contributed by atoms with van der Waals surface area (Å²) in [4.78, 5) is 13.3. The van der Waals surface area contributed by atoms with Crippen molar-refractivity contribution in [1.82, 2.24) is 0 Å². The van der Waals surface area contributed by atoms with Crippen LogP contribution < -0.4 is 5.32 Å². The monoisotopic (exact) mass is 479 g/mol. The van der Waals surface area contributed by atoms with E-state index in [2.05, 4.69) is 5.32 Å². The van der Waals surface area contributed by atoms with Crippen molar-refractivity contribution in [2.75, 3.05) is 17.3 Å². The van der Waals surface area contributed by atoms with E-state index in [9.17, 15) is 18.3 Å². The minimum absolute atomic E-state index is 0.0528. The van der Waals surface area contributed by atoms with E-state index in [0.717, 1.165) is 17.6 Å². The first-order valence-corrected chi connectivity index (χ1v) is 13.4. The number of hydrogen-bond donors (Lipinski definition) is 2. The molecular formula is C21H28F3NO4S2. The molecule has 4 aliphatic rings. The second-order valence-corrected chi connectivity index (χ2v) is 13.5. The lowest BCUT2D eigenvalue weighted by Crippen LogP contribution is -2.67. The first-order valence-electron chi connectivity index (χ1n) is 10.4. The van der Waals surface area contributed by atoms with E-state index < -0.39 is 50.0 Å². The summed E-state index contributed by atoms with van der Waals surface area (Å²) in [7, 11) is -3.51. The molecule has 1 heterocycles. The Balaban J connectivity index is 1.67. The van der Waals surface area contributed by atoms with Crippen molar-refractivity contribution in [1.29, 1.82) is 0 Å². The molecule has 10 heteroatoms. The highest BCUT2D eigenvalue weighted by atomic mass is 32.2. The average molecular weight is 480 g/mol. The molecule has 1 amide bonds. The van der Waals surface area contributed by atoms with Crippen LogP contribution in [-0.2, 0) is 14.6 Å². The summed E-state index contributed by atoms with van der Waals surface area (Å²) in [6, 6.07) is 0. The molecule has 0 spiro atoms. The Labute approximate surface area is 184 Å². The van der Waals surface area contributed by atoms with Gasteiger partial charge in [0.1, 0.15) is 31.8 Å². The fourth-order valence-electron chi connectivity index (χ4n) is 6.39. The van der Waals surface area contributed by atoms with E-state index in [-0.39, 0.29) is 49.4 Å². The van der Waals surface area contributed by atoms with Gasteiger partial charge >= 0.3 is 0 Å². The lowest BCUT2D eigenvalue weighted by atomic mass is 9.46. The first kappa shape index (κ1) is 23.0. The number of thiophene rings is 1. The minimum atomic E-state index is -3.51. The van der Waals surface area contributed by atoms with Gasteiger partial charge in [0.2, 0.25) is 5.91 Å². The fraction of sp³-hybridized carbons (Fsp3) is 0.762. The molecule has 1 aromatic rings. The number of carbonyl (C=O) groups is 1. The van der Waals surface area contributed by atoms with Crippen LogP contribution >= 0.6 is 11.3 Å². The number of carbonyl (C=O) groups excluding carboxylic acids is 1. The second-order valence-electron chi connectivity index (χ2n) is 10.4. The van der Waals surface area contributed by atoms with E-state index in [0.29, 0.717) is 11.1 Å². The zero-order valence-electron chi connectivity index (χ0n) is 17.8. The summed E-state index contributed by atoms with van der Waals surface area (Å²) in [6.45, 7) is 3.74. The molecule has 0 saturated heterocycles. The summed E-state index contributed by atoms with van der Waals surface area (Å²) in [5.74, 6) is -1.24. The van der Waals surface area contributed by atoms with Crippen LogP contribution in [0.2, 0.25) is 0 Å². The number of alkyl halides is 3. The van der Waals surface area contributed by atoms with Crippen LogP contribution in [0.5, 0.6) is 0 Å². The quantitative estimate of drug-likeness (QED) is 0.634. The van der Waals surface area contributed by atoms with Gasteiger partial charge in [0.25, 0.3) is 0 Å². The third-order valence-corrected chi connectivity index (χ3v) is 8.70. The molecule has 1 aromatic heterocycles. The third kappa shape index (κ3) is 4.15. The average Bonchev–Trinajstić information content (AvgIpc) is 2.92. The van der Waals surface area contributed by atoms with Crippen molar-refractivity contribution in [3.05, 3.63) is 16.5 Å². The number of aliphatic hydroxyl groups is 1. The van der Waals surface area contributed by atoms with E-state index >= 15 is 13.2 Å². The molecule has 5 rings (SSSR count). The molecule has 0 aromatic carbocycles. The molecule has 0 radical (unpaired) electrons. The van der Waals surface area contributed by atoms with Gasteiger partial charge in [-0.15, -0.1) is 11.3 Å². The number of amides is 1. The van der Waals surface area contributed by atoms with Gasteiger partial charge < -0.3 is 10.4 Å². The Morgan fingerprint density at radius 1 is 1.10 bits per heavy atom. The highest BCUT2D eigenvalue weighted by Gasteiger charge is 2.72. The molecule has 31 heavy (non-hydrogen) atoms. The Morgan fingerprint density at radius 3 is 2.00 bits per heavy atom. The number of hydrogen-bond acceptors (Lipinski definition) is 5. The van der Waals surface area contributed by atoms with Crippen molar-refractivity contribution in [2.24, 2.45) is 5.41 Å². The van der Waals surface area contributed by atoms with E-state index in [4.69, 9.17) is 0 Å². The van der Waals surface area contributed by atoms with E-state index in [1.54, 1.807) is 5.38 Å². The summed E-state index contributed by atoms with van der Waals surface area (Å²) >= 11 is 1.12. The maximum Gasteiger partial charge on any atom is 0.231 e. The molecule has 4 saturated carbocycles. The second kappa shape index (κ2) is 6.93. The van der Waals surface area contributed by atoms with Crippen LogP contribution in [0.25, 0.3) is 0 Å². The van der Waals surface area contributed by atoms with Crippen molar-refractivity contribution >= 4 is 32.1 Å². The zero-order chi connectivity index (χ0) is 23.0. The third-order valence-electron chi connectivity index (χ3n) is 6.85. The first-order chi connectivity index (χ1) is 14.1. The van der Waals surface area contributed by atoms with Crippen LogP contribution in [-0.4, -0.2) is 48.4 Å². The van der Waals surface area contributed by atoms with Crippen molar-refractivity contribution < 1.29 is 31.5 Å². The van der Waals surface area contributed by atoms with Gasteiger partial charge in [0.05, 0.1) is 17.3 Å². The Morgan fingerprint density at radius 2 is 1.58 bits per heavy atom. The van der Waals surface area contributed by atoms with Gasteiger partial charge in [-0.25, -0.2) is 21.6 Å². The molecule has 4 fully saturated rings. The summed E-state index contributed by atoms with van der Waals surface area (Å²) < 4.78 is 69.2. The molecule has 2 N–H and O–H groups in total. The predicted octanol–water partition coefficient (Wildman–Crippen LogP) is 4.38. The van der Waals surface area contributed by atoms with Crippen LogP contribution in [0.1, 0.15) is 75.5 Å². The van der Waals surface area contributed by atoms with Crippen molar-refractivity contribution in [3.8, 4) is 0 Å². The topological polar surface area (TPSA) is 83.5 Å². The van der Waals surface area contributed by atoms with Crippen LogP contribution in [0.3, 0.4) is 0 Å². The van der Waals surface area contributed by atoms with Gasteiger partial charge in [-0.05, 0) is 36.1 Å². The maximum absolute atomic E-state index is 15.3. The number of aliphatic hydroxyl groups excluding tert-OH is 1. The van der Waals surface area contributed by atoms with Gasteiger partial charge in [0.15, 0.2) is 0 Å². The Kier molecular flexibility index (Phi) is 5.15. The summed E-state index contributed by atoms with van der Waals surface area (Å²) in [5.41, 5.74) is -6.67. The van der Waals surface area contributed by atoms with E-state index in [1.165, 1.54) is 0 Å². The van der Waals surface area contributed by atoms with E-state index in [1.807, 2.05) is 13.8 Å². The highest BCUT2D eigenvalue weighted by molar-refractivity contribution is 7.90. The SMILES string of the molecule is CC(C)c1csc(NC(=O)C23CC4(F)CC(F)(CC(F)(C4)C2)C3)c1C(O)CS(C)(=O)=O. The largest absolute Gasteiger partial charge is 0.387 e. The Hall–Kier alpha value is -1.13. The maximum atomic E-state index is 15.3. The normalized spacial score (nSPS) is 37.9. The minimum Gasteiger partial charge on any atom is -0.387 e. The van der Waals surface area contributed by atoms with Crippen LogP contribution in [0, 0.1) is 5.41 Å². The smallest absolute Gasteiger partial charge is 0.231 e. The number of sulfone groups is 1. The lowest BCUT2D eigenvalue weighted by Gasteiger charge is -2.62. The number of anilines is 1. The van der Waals surface area contributed by atoms with Crippen molar-refractivity contribution in [2.45, 2.75) is 81.4 Å². The molecule has 4 bridgehead atoms. The highest BCUT2D eigenvalue weighted by Crippen LogP contribution is 2.68.